The van der Waals surface area contributed by atoms with Crippen LogP contribution in [0.2, 0.25) is 10.0 Å². The molecule has 1 saturated carbocycles. The average molecular weight is 316 g/mol. The average Bonchev–Trinajstić information content (AvgIpc) is 2.79. The van der Waals surface area contributed by atoms with Gasteiger partial charge in [-0.3, -0.25) is 4.79 Å². The number of likely N-dealkylation sites (N-methyl/N-ethyl adjacent to an activating group) is 1. The normalized spacial score (nSPS) is 16.4. The number of benzene rings is 1. The summed E-state index contributed by atoms with van der Waals surface area (Å²) in [6, 6.07) is 5.66. The maximum absolute atomic E-state index is 12.2. The molecule has 0 aliphatic heterocycles. The van der Waals surface area contributed by atoms with Crippen LogP contribution in [0.1, 0.15) is 25.7 Å². The number of hydrogen-bond acceptors (Lipinski definition) is 1. The summed E-state index contributed by atoms with van der Waals surface area (Å²) in [5.41, 5.74) is 0.652. The predicted molar refractivity (Wildman–Crippen MR) is 84.3 cm³/mol. The van der Waals surface area contributed by atoms with E-state index in [2.05, 4.69) is 19.4 Å². The molecule has 1 aliphatic rings. The minimum Gasteiger partial charge on any atom is -0.321 e. The predicted octanol–water partition coefficient (Wildman–Crippen LogP) is 3.95. The van der Waals surface area contributed by atoms with Crippen LogP contribution in [-0.4, -0.2) is 37.1 Å². The summed E-state index contributed by atoms with van der Waals surface area (Å²) in [4.78, 5) is 12.2. The number of rotatable bonds is 4. The molecule has 1 fully saturated rings. The van der Waals surface area contributed by atoms with Crippen LogP contribution in [-0.2, 0) is 4.79 Å². The van der Waals surface area contributed by atoms with Gasteiger partial charge in [-0.05, 0) is 43.9 Å². The summed E-state index contributed by atoms with van der Waals surface area (Å²) >= 11 is 11.9. The van der Waals surface area contributed by atoms with Crippen molar-refractivity contribution >= 4 is 34.8 Å². The van der Waals surface area contributed by atoms with Crippen molar-refractivity contribution in [3.05, 3.63) is 28.2 Å². The highest BCUT2D eigenvalue weighted by Crippen LogP contribution is 2.27. The van der Waals surface area contributed by atoms with Crippen LogP contribution < -0.4 is 5.32 Å². The Bertz CT molecular complexity index is 476. The molecule has 1 aliphatic carbocycles. The maximum Gasteiger partial charge on any atom is 0.279 e. The van der Waals surface area contributed by atoms with Crippen LogP contribution in [0.5, 0.6) is 0 Å². The summed E-state index contributed by atoms with van der Waals surface area (Å²) < 4.78 is 0.736. The van der Waals surface area contributed by atoms with Gasteiger partial charge >= 0.3 is 0 Å². The van der Waals surface area contributed by atoms with Crippen LogP contribution in [0.4, 0.5) is 5.69 Å². The molecular formula is C15H21Cl2N2O+. The molecule has 20 heavy (non-hydrogen) atoms. The molecule has 110 valence electrons. The van der Waals surface area contributed by atoms with E-state index in [1.807, 2.05) is 0 Å². The molecule has 5 heteroatoms. The molecule has 0 unspecified atom stereocenters. The van der Waals surface area contributed by atoms with Gasteiger partial charge in [-0.15, -0.1) is 0 Å². The smallest absolute Gasteiger partial charge is 0.279 e. The Balaban J connectivity index is 1.97. The van der Waals surface area contributed by atoms with Gasteiger partial charge in [-0.25, -0.2) is 0 Å². The first-order valence-electron chi connectivity index (χ1n) is 6.95. The Kier molecular flexibility index (Phi) is 4.95. The van der Waals surface area contributed by atoms with Crippen LogP contribution in [0.25, 0.3) is 0 Å². The van der Waals surface area contributed by atoms with Gasteiger partial charge in [0.25, 0.3) is 5.91 Å². The van der Waals surface area contributed by atoms with Crippen molar-refractivity contribution in [2.45, 2.75) is 31.7 Å². The number of halogens is 2. The van der Waals surface area contributed by atoms with E-state index >= 15 is 0 Å². The highest BCUT2D eigenvalue weighted by molar-refractivity contribution is 6.35. The van der Waals surface area contributed by atoms with Gasteiger partial charge in [-0.2, -0.15) is 0 Å². The Hall–Kier alpha value is -0.770. The van der Waals surface area contributed by atoms with Gasteiger partial charge in [0, 0.05) is 15.7 Å². The lowest BCUT2D eigenvalue weighted by atomic mass is 10.2. The SMILES string of the molecule is C[N+](C)(CC(=O)Nc1cc(Cl)cc(Cl)c1)C1CCCC1. The standard InChI is InChI=1S/C15H20Cl2N2O/c1-19(2,14-5-3-4-6-14)10-15(20)18-13-8-11(16)7-12(17)9-13/h7-9,14H,3-6,10H2,1-2H3/p+1. The van der Waals surface area contributed by atoms with Crippen LogP contribution in [0.15, 0.2) is 18.2 Å². The van der Waals surface area contributed by atoms with E-state index in [0.29, 0.717) is 28.3 Å². The van der Waals surface area contributed by atoms with E-state index < -0.39 is 0 Å². The number of carbonyl (C=O) groups excluding carboxylic acids is 1. The first kappa shape index (κ1) is 15.6. The van der Waals surface area contributed by atoms with Crippen molar-refractivity contribution in [1.82, 2.24) is 0 Å². The lowest BCUT2D eigenvalue weighted by Crippen LogP contribution is -2.51. The molecule has 3 nitrogen and oxygen atoms in total. The van der Waals surface area contributed by atoms with Crippen molar-refractivity contribution in [3.63, 3.8) is 0 Å². The number of hydrogen-bond donors (Lipinski definition) is 1. The molecule has 2 rings (SSSR count). The first-order valence-corrected chi connectivity index (χ1v) is 7.71. The molecule has 0 aromatic heterocycles. The molecule has 0 spiro atoms. The van der Waals surface area contributed by atoms with Gasteiger partial charge in [0.05, 0.1) is 20.1 Å². The number of carbonyl (C=O) groups is 1. The molecular weight excluding hydrogens is 295 g/mol. The fourth-order valence-corrected chi connectivity index (χ4v) is 3.46. The van der Waals surface area contributed by atoms with E-state index in [9.17, 15) is 4.79 Å². The van der Waals surface area contributed by atoms with Crippen molar-refractivity contribution in [1.29, 1.82) is 0 Å². The number of nitrogens with one attached hydrogen (secondary N) is 1. The van der Waals surface area contributed by atoms with Gasteiger partial charge in [0.15, 0.2) is 6.54 Å². The lowest BCUT2D eigenvalue weighted by Gasteiger charge is -2.35. The topological polar surface area (TPSA) is 29.1 Å². The zero-order valence-electron chi connectivity index (χ0n) is 12.0. The van der Waals surface area contributed by atoms with Gasteiger partial charge in [-0.1, -0.05) is 23.2 Å². The zero-order chi connectivity index (χ0) is 14.8. The molecule has 0 atom stereocenters. The van der Waals surface area contributed by atoms with Crippen LogP contribution in [0.3, 0.4) is 0 Å². The van der Waals surface area contributed by atoms with Crippen molar-refractivity contribution in [3.8, 4) is 0 Å². The second kappa shape index (κ2) is 6.33. The minimum atomic E-state index is 0.000216. The Labute approximate surface area is 130 Å². The monoisotopic (exact) mass is 315 g/mol. The van der Waals surface area contributed by atoms with Gasteiger partial charge in [0.2, 0.25) is 0 Å². The molecule has 0 bridgehead atoms. The fraction of sp³-hybridized carbons (Fsp3) is 0.533. The maximum atomic E-state index is 12.2. The van der Waals surface area contributed by atoms with Crippen molar-refractivity contribution < 1.29 is 9.28 Å². The first-order chi connectivity index (χ1) is 9.37. The van der Waals surface area contributed by atoms with E-state index in [1.54, 1.807) is 18.2 Å². The van der Waals surface area contributed by atoms with Crippen LogP contribution in [0, 0.1) is 0 Å². The van der Waals surface area contributed by atoms with E-state index in [-0.39, 0.29) is 5.91 Å². The summed E-state index contributed by atoms with van der Waals surface area (Å²) in [6.45, 7) is 0.467. The minimum absolute atomic E-state index is 0.000216. The molecule has 0 saturated heterocycles. The van der Waals surface area contributed by atoms with Crippen LogP contribution >= 0.6 is 23.2 Å². The summed E-state index contributed by atoms with van der Waals surface area (Å²) in [6.07, 6.45) is 4.97. The molecule has 1 aromatic rings. The molecule has 0 heterocycles. The third kappa shape index (κ3) is 4.11. The summed E-state index contributed by atoms with van der Waals surface area (Å²) in [5.74, 6) is 0.000216. The second-order valence-electron chi connectivity index (χ2n) is 6.08. The number of anilines is 1. The largest absolute Gasteiger partial charge is 0.321 e. The number of quaternary nitrogens is 1. The van der Waals surface area contributed by atoms with E-state index in [1.165, 1.54) is 25.7 Å². The lowest BCUT2D eigenvalue weighted by molar-refractivity contribution is -0.906. The number of amides is 1. The molecule has 1 aromatic carbocycles. The summed E-state index contributed by atoms with van der Waals surface area (Å²) in [5, 5.41) is 3.93. The third-order valence-corrected chi connectivity index (χ3v) is 4.45. The fourth-order valence-electron chi connectivity index (χ4n) is 2.93. The van der Waals surface area contributed by atoms with Gasteiger partial charge in [0.1, 0.15) is 0 Å². The Morgan fingerprint density at radius 1 is 1.20 bits per heavy atom. The quantitative estimate of drug-likeness (QED) is 0.837. The van der Waals surface area contributed by atoms with E-state index in [0.717, 1.165) is 4.48 Å². The van der Waals surface area contributed by atoms with Gasteiger partial charge < -0.3 is 9.80 Å². The molecule has 1 amide bonds. The zero-order valence-corrected chi connectivity index (χ0v) is 13.5. The highest BCUT2D eigenvalue weighted by Gasteiger charge is 2.32. The van der Waals surface area contributed by atoms with Crippen molar-refractivity contribution in [2.24, 2.45) is 0 Å². The molecule has 0 radical (unpaired) electrons. The highest BCUT2D eigenvalue weighted by atomic mass is 35.5. The van der Waals surface area contributed by atoms with E-state index in [4.69, 9.17) is 23.2 Å². The van der Waals surface area contributed by atoms with Crippen molar-refractivity contribution in [2.75, 3.05) is 26.0 Å². The summed E-state index contributed by atoms with van der Waals surface area (Å²) in [7, 11) is 4.25. The Morgan fingerprint density at radius 2 is 1.75 bits per heavy atom. The second-order valence-corrected chi connectivity index (χ2v) is 6.95. The third-order valence-electron chi connectivity index (χ3n) is 4.01. The Morgan fingerprint density at radius 3 is 2.30 bits per heavy atom. The number of nitrogens with zero attached hydrogens (tertiary/aromatic N) is 1. The molecule has 1 N–H and O–H groups in total.